The van der Waals surface area contributed by atoms with E-state index in [1.165, 1.54) is 27.7 Å². The fourth-order valence-electron chi connectivity index (χ4n) is 3.49. The van der Waals surface area contributed by atoms with Crippen LogP contribution in [0.1, 0.15) is 35.3 Å². The third-order valence-corrected chi connectivity index (χ3v) is 4.67. The molecule has 0 fully saturated rings. The van der Waals surface area contributed by atoms with E-state index in [2.05, 4.69) is 35.4 Å². The van der Waals surface area contributed by atoms with Gasteiger partial charge in [-0.1, -0.05) is 31.2 Å². The van der Waals surface area contributed by atoms with Crippen LogP contribution in [-0.4, -0.2) is 16.6 Å². The predicted molar refractivity (Wildman–Crippen MR) is 89.3 cm³/mol. The summed E-state index contributed by atoms with van der Waals surface area (Å²) in [6.45, 7) is 3.11. The van der Waals surface area contributed by atoms with E-state index in [1.54, 1.807) is 6.07 Å². The summed E-state index contributed by atoms with van der Waals surface area (Å²) in [5.41, 5.74) is 6.07. The second-order valence-corrected chi connectivity index (χ2v) is 5.95. The van der Waals surface area contributed by atoms with Crippen molar-refractivity contribution in [3.63, 3.8) is 0 Å². The summed E-state index contributed by atoms with van der Waals surface area (Å²) in [7, 11) is 0. The Hall–Kier alpha value is -2.26. The average Bonchev–Trinajstić information content (AvgIpc) is 2.93. The van der Waals surface area contributed by atoms with Crippen LogP contribution in [0.5, 0.6) is 5.75 Å². The van der Waals surface area contributed by atoms with Gasteiger partial charge in [0.1, 0.15) is 5.75 Å². The first-order valence-electron chi connectivity index (χ1n) is 7.92. The van der Waals surface area contributed by atoms with Crippen LogP contribution in [0, 0.1) is 0 Å². The topological polar surface area (TPSA) is 48.0 Å². The molecule has 0 amide bonds. The first-order valence-corrected chi connectivity index (χ1v) is 7.92. The van der Waals surface area contributed by atoms with Gasteiger partial charge in [0.2, 0.25) is 0 Å². The number of phenolic OH excluding ortho intramolecular Hbond substituents is 1. The Morgan fingerprint density at radius 1 is 1.18 bits per heavy atom. The molecular weight excluding hydrogens is 272 g/mol. The zero-order valence-corrected chi connectivity index (χ0v) is 12.7. The summed E-state index contributed by atoms with van der Waals surface area (Å²) in [6, 6.07) is 14.3. The standard InChI is InChI=1S/C19H20N2O/c1-2-12-7-8-16-15(11-12)13-9-10-20-18(19(13)21-16)14-5-3-4-6-17(14)22/h3-8,11,18,20-22H,2,9-10H2,1H3. The van der Waals surface area contributed by atoms with Gasteiger partial charge >= 0.3 is 0 Å². The number of aromatic amines is 1. The Labute approximate surface area is 130 Å². The third-order valence-electron chi connectivity index (χ3n) is 4.67. The monoisotopic (exact) mass is 292 g/mol. The van der Waals surface area contributed by atoms with Gasteiger partial charge in [-0.3, -0.25) is 0 Å². The number of fused-ring (bicyclic) bond motifs is 3. The highest BCUT2D eigenvalue weighted by Crippen LogP contribution is 2.36. The number of aryl methyl sites for hydroxylation is 1. The Morgan fingerprint density at radius 2 is 2.05 bits per heavy atom. The summed E-state index contributed by atoms with van der Waals surface area (Å²) in [5, 5.41) is 15.1. The molecule has 112 valence electrons. The van der Waals surface area contributed by atoms with Crippen LogP contribution >= 0.6 is 0 Å². The number of aromatic nitrogens is 1. The average molecular weight is 292 g/mol. The van der Waals surface area contributed by atoms with Crippen molar-refractivity contribution < 1.29 is 5.11 Å². The van der Waals surface area contributed by atoms with Gasteiger partial charge < -0.3 is 15.4 Å². The summed E-state index contributed by atoms with van der Waals surface area (Å²) < 4.78 is 0. The second kappa shape index (κ2) is 5.18. The van der Waals surface area contributed by atoms with E-state index in [1.807, 2.05) is 18.2 Å². The van der Waals surface area contributed by atoms with Gasteiger partial charge in [-0.2, -0.15) is 0 Å². The van der Waals surface area contributed by atoms with E-state index in [-0.39, 0.29) is 6.04 Å². The number of para-hydroxylation sites is 1. The van der Waals surface area contributed by atoms with Crippen molar-refractivity contribution >= 4 is 10.9 Å². The van der Waals surface area contributed by atoms with E-state index in [0.29, 0.717) is 5.75 Å². The van der Waals surface area contributed by atoms with Crippen molar-refractivity contribution in [3.8, 4) is 5.75 Å². The molecule has 4 rings (SSSR count). The Balaban J connectivity index is 1.90. The van der Waals surface area contributed by atoms with Crippen LogP contribution < -0.4 is 5.32 Å². The molecule has 3 nitrogen and oxygen atoms in total. The van der Waals surface area contributed by atoms with Crippen LogP contribution in [0.3, 0.4) is 0 Å². The molecule has 1 aliphatic heterocycles. The van der Waals surface area contributed by atoms with Crippen LogP contribution in [-0.2, 0) is 12.8 Å². The molecule has 0 spiro atoms. The van der Waals surface area contributed by atoms with Gasteiger partial charge in [-0.25, -0.2) is 0 Å². The Kier molecular flexibility index (Phi) is 3.16. The quantitative estimate of drug-likeness (QED) is 0.675. The lowest BCUT2D eigenvalue weighted by Gasteiger charge is -2.25. The van der Waals surface area contributed by atoms with E-state index in [0.717, 1.165) is 24.9 Å². The molecule has 1 aliphatic rings. The van der Waals surface area contributed by atoms with Gasteiger partial charge in [0.15, 0.2) is 0 Å². The second-order valence-electron chi connectivity index (χ2n) is 5.95. The van der Waals surface area contributed by atoms with E-state index in [9.17, 15) is 5.11 Å². The number of hydrogen-bond donors (Lipinski definition) is 3. The molecule has 0 saturated carbocycles. The van der Waals surface area contributed by atoms with Gasteiger partial charge in [0.05, 0.1) is 6.04 Å². The lowest BCUT2D eigenvalue weighted by molar-refractivity contribution is 0.452. The predicted octanol–water partition coefficient (Wildman–Crippen LogP) is 3.67. The fourth-order valence-corrected chi connectivity index (χ4v) is 3.49. The third kappa shape index (κ3) is 2.01. The first-order chi connectivity index (χ1) is 10.8. The van der Waals surface area contributed by atoms with Gasteiger partial charge in [-0.05, 0) is 42.2 Å². The zero-order chi connectivity index (χ0) is 15.1. The van der Waals surface area contributed by atoms with Gasteiger partial charge in [-0.15, -0.1) is 0 Å². The molecule has 2 aromatic carbocycles. The molecule has 3 heteroatoms. The molecule has 2 heterocycles. The van der Waals surface area contributed by atoms with E-state index >= 15 is 0 Å². The molecule has 1 unspecified atom stereocenters. The summed E-state index contributed by atoms with van der Waals surface area (Å²) >= 11 is 0. The number of rotatable bonds is 2. The summed E-state index contributed by atoms with van der Waals surface area (Å²) in [5.74, 6) is 0.348. The molecule has 0 aliphatic carbocycles. The number of benzene rings is 2. The molecule has 0 radical (unpaired) electrons. The number of hydrogen-bond acceptors (Lipinski definition) is 2. The van der Waals surface area contributed by atoms with Crippen molar-refractivity contribution in [2.45, 2.75) is 25.8 Å². The lowest BCUT2D eigenvalue weighted by Crippen LogP contribution is -2.30. The van der Waals surface area contributed by atoms with Gasteiger partial charge in [0, 0.05) is 28.7 Å². The minimum Gasteiger partial charge on any atom is -0.508 e. The smallest absolute Gasteiger partial charge is 0.120 e. The van der Waals surface area contributed by atoms with Crippen molar-refractivity contribution in [3.05, 3.63) is 64.8 Å². The number of H-pyrrole nitrogens is 1. The summed E-state index contributed by atoms with van der Waals surface area (Å²) in [6.07, 6.45) is 2.07. The summed E-state index contributed by atoms with van der Waals surface area (Å²) in [4.78, 5) is 3.57. The van der Waals surface area contributed by atoms with Crippen molar-refractivity contribution in [1.29, 1.82) is 0 Å². The highest BCUT2D eigenvalue weighted by atomic mass is 16.3. The van der Waals surface area contributed by atoms with E-state index in [4.69, 9.17) is 0 Å². The van der Waals surface area contributed by atoms with Crippen molar-refractivity contribution in [1.82, 2.24) is 10.3 Å². The molecule has 1 atom stereocenters. The van der Waals surface area contributed by atoms with Crippen molar-refractivity contribution in [2.24, 2.45) is 0 Å². The van der Waals surface area contributed by atoms with Crippen LogP contribution in [0.4, 0.5) is 0 Å². The molecule has 0 saturated heterocycles. The molecule has 1 aromatic heterocycles. The van der Waals surface area contributed by atoms with Crippen LogP contribution in [0.25, 0.3) is 10.9 Å². The van der Waals surface area contributed by atoms with Crippen LogP contribution in [0.2, 0.25) is 0 Å². The number of aromatic hydroxyl groups is 1. The van der Waals surface area contributed by atoms with Crippen LogP contribution in [0.15, 0.2) is 42.5 Å². The Morgan fingerprint density at radius 3 is 2.86 bits per heavy atom. The number of nitrogens with one attached hydrogen (secondary N) is 2. The zero-order valence-electron chi connectivity index (χ0n) is 12.7. The largest absolute Gasteiger partial charge is 0.508 e. The molecule has 0 bridgehead atoms. The SMILES string of the molecule is CCc1ccc2[nH]c3c(c2c1)CCNC3c1ccccc1O. The highest BCUT2D eigenvalue weighted by Gasteiger charge is 2.26. The maximum absolute atomic E-state index is 10.2. The molecule has 3 N–H and O–H groups in total. The number of phenols is 1. The normalized spacial score (nSPS) is 17.6. The maximum Gasteiger partial charge on any atom is 0.120 e. The minimum absolute atomic E-state index is 0.0300. The lowest BCUT2D eigenvalue weighted by atomic mass is 9.93. The van der Waals surface area contributed by atoms with E-state index < -0.39 is 0 Å². The fraction of sp³-hybridized carbons (Fsp3) is 0.263. The Bertz CT molecular complexity index is 835. The molecular formula is C19H20N2O. The van der Waals surface area contributed by atoms with Crippen molar-refractivity contribution in [2.75, 3.05) is 6.54 Å². The highest BCUT2D eigenvalue weighted by molar-refractivity contribution is 5.86. The first kappa shape index (κ1) is 13.4. The molecule has 3 aromatic rings. The molecule has 22 heavy (non-hydrogen) atoms. The van der Waals surface area contributed by atoms with Gasteiger partial charge in [0.25, 0.3) is 0 Å². The minimum atomic E-state index is 0.0300. The maximum atomic E-state index is 10.2.